The van der Waals surface area contributed by atoms with Crippen molar-refractivity contribution in [2.75, 3.05) is 0 Å². The molecule has 6 heteroatoms. The average Bonchev–Trinajstić information content (AvgIpc) is 2.44. The smallest absolute Gasteiger partial charge is 0.238 e. The van der Waals surface area contributed by atoms with Crippen LogP contribution in [0.15, 0.2) is 17.0 Å². The lowest BCUT2D eigenvalue weighted by Gasteiger charge is -2.05. The topological polar surface area (TPSA) is 69.4 Å². The van der Waals surface area contributed by atoms with Gasteiger partial charge in [0.1, 0.15) is 11.9 Å². The molecule has 0 saturated carbocycles. The average molecular weight is 248 g/mol. The van der Waals surface area contributed by atoms with E-state index in [1.807, 2.05) is 6.92 Å². The molecule has 1 heterocycles. The van der Waals surface area contributed by atoms with Crippen molar-refractivity contribution in [1.29, 1.82) is 0 Å². The van der Waals surface area contributed by atoms with E-state index in [4.69, 9.17) is 21.5 Å². The molecule has 1 aliphatic heterocycles. The Hall–Kier alpha value is -0.780. The number of halogens is 1. The van der Waals surface area contributed by atoms with Crippen molar-refractivity contribution in [3.8, 4) is 5.75 Å². The summed E-state index contributed by atoms with van der Waals surface area (Å²) in [6.07, 6.45) is 0.673. The molecule has 0 amide bonds. The first kappa shape index (κ1) is 10.7. The summed E-state index contributed by atoms with van der Waals surface area (Å²) in [6.45, 7) is 1.90. The molecule has 1 aromatic carbocycles. The lowest BCUT2D eigenvalue weighted by molar-refractivity contribution is 0.255. The molecule has 0 aliphatic carbocycles. The van der Waals surface area contributed by atoms with Crippen LogP contribution >= 0.6 is 11.6 Å². The molecule has 0 fully saturated rings. The highest BCUT2D eigenvalue weighted by Crippen LogP contribution is 2.37. The summed E-state index contributed by atoms with van der Waals surface area (Å²) in [5.74, 6) is 0.566. The van der Waals surface area contributed by atoms with Crippen molar-refractivity contribution in [2.24, 2.45) is 5.14 Å². The van der Waals surface area contributed by atoms with Gasteiger partial charge in [-0.3, -0.25) is 0 Å². The molecule has 1 aliphatic rings. The van der Waals surface area contributed by atoms with Crippen molar-refractivity contribution in [2.45, 2.75) is 24.3 Å². The number of hydrogen-bond acceptors (Lipinski definition) is 3. The van der Waals surface area contributed by atoms with Gasteiger partial charge in [-0.1, -0.05) is 11.6 Å². The van der Waals surface area contributed by atoms with E-state index >= 15 is 0 Å². The number of nitrogens with two attached hydrogens (primary N) is 1. The molecule has 15 heavy (non-hydrogen) atoms. The Balaban J connectivity index is 2.59. The molecule has 2 rings (SSSR count). The maximum absolute atomic E-state index is 11.1. The van der Waals surface area contributed by atoms with E-state index in [0.717, 1.165) is 5.56 Å². The molecular weight excluding hydrogens is 238 g/mol. The third kappa shape index (κ3) is 1.95. The van der Waals surface area contributed by atoms with Crippen molar-refractivity contribution in [3.05, 3.63) is 22.7 Å². The van der Waals surface area contributed by atoms with Crippen LogP contribution in [0, 0.1) is 0 Å². The van der Waals surface area contributed by atoms with Crippen molar-refractivity contribution < 1.29 is 13.2 Å². The summed E-state index contributed by atoms with van der Waals surface area (Å²) < 4.78 is 27.7. The number of ether oxygens (including phenoxy) is 1. The third-order valence-electron chi connectivity index (χ3n) is 2.25. The van der Waals surface area contributed by atoms with E-state index in [1.165, 1.54) is 12.1 Å². The van der Waals surface area contributed by atoms with E-state index < -0.39 is 10.0 Å². The molecule has 0 saturated heterocycles. The molecule has 4 nitrogen and oxygen atoms in total. The molecule has 0 radical (unpaired) electrons. The first-order chi connectivity index (χ1) is 6.88. The van der Waals surface area contributed by atoms with E-state index in [1.54, 1.807) is 0 Å². The highest BCUT2D eigenvalue weighted by molar-refractivity contribution is 7.89. The molecule has 1 aromatic rings. The highest BCUT2D eigenvalue weighted by atomic mass is 35.5. The monoisotopic (exact) mass is 247 g/mol. The third-order valence-corrected chi connectivity index (χ3v) is 3.42. The van der Waals surface area contributed by atoms with Gasteiger partial charge >= 0.3 is 0 Å². The minimum absolute atomic E-state index is 0.0215. The van der Waals surface area contributed by atoms with Gasteiger partial charge in [-0.2, -0.15) is 0 Å². The number of fused-ring (bicyclic) bond motifs is 1. The predicted octanol–water partition coefficient (Wildman–Crippen LogP) is 1.31. The van der Waals surface area contributed by atoms with Gasteiger partial charge < -0.3 is 4.74 Å². The first-order valence-electron chi connectivity index (χ1n) is 4.40. The summed E-state index contributed by atoms with van der Waals surface area (Å²) in [6, 6.07) is 2.83. The summed E-state index contributed by atoms with van der Waals surface area (Å²) in [5.41, 5.74) is 0.791. The second-order valence-electron chi connectivity index (χ2n) is 3.57. The van der Waals surface area contributed by atoms with Crippen LogP contribution in [-0.4, -0.2) is 14.5 Å². The van der Waals surface area contributed by atoms with Gasteiger partial charge in [-0.15, -0.1) is 0 Å². The molecule has 0 unspecified atom stereocenters. The molecule has 1 atom stereocenters. The van der Waals surface area contributed by atoms with Crippen LogP contribution in [0.2, 0.25) is 5.02 Å². The van der Waals surface area contributed by atoms with Gasteiger partial charge in [-0.25, -0.2) is 13.6 Å². The maximum Gasteiger partial charge on any atom is 0.238 e. The quantitative estimate of drug-likeness (QED) is 0.814. The number of benzene rings is 1. The molecule has 2 N–H and O–H groups in total. The van der Waals surface area contributed by atoms with E-state index in [-0.39, 0.29) is 11.0 Å². The zero-order valence-corrected chi connectivity index (χ0v) is 9.60. The highest BCUT2D eigenvalue weighted by Gasteiger charge is 2.24. The van der Waals surface area contributed by atoms with E-state index in [2.05, 4.69) is 0 Å². The lowest BCUT2D eigenvalue weighted by atomic mass is 10.1. The van der Waals surface area contributed by atoms with Gasteiger partial charge in [-0.05, 0) is 19.1 Å². The standard InChI is InChI=1S/C9H10ClNO3S/c1-5-2-6-3-7(15(11,12)13)4-8(10)9(6)14-5/h3-5H,2H2,1H3,(H2,11,12,13)/t5-/m1/s1. The van der Waals surface area contributed by atoms with Crippen LogP contribution in [0.4, 0.5) is 0 Å². The Bertz CT molecular complexity index is 512. The van der Waals surface area contributed by atoms with Crippen molar-refractivity contribution in [3.63, 3.8) is 0 Å². The van der Waals surface area contributed by atoms with Crippen LogP contribution in [-0.2, 0) is 16.4 Å². The van der Waals surface area contributed by atoms with Crippen molar-refractivity contribution in [1.82, 2.24) is 0 Å². The van der Waals surface area contributed by atoms with Gasteiger partial charge in [0, 0.05) is 12.0 Å². The minimum atomic E-state index is -3.70. The lowest BCUT2D eigenvalue weighted by Crippen LogP contribution is -2.12. The molecule has 0 aromatic heterocycles. The van der Waals surface area contributed by atoms with Crippen LogP contribution < -0.4 is 9.88 Å². The fourth-order valence-corrected chi connectivity index (χ4v) is 2.56. The summed E-state index contributed by atoms with van der Waals surface area (Å²) in [4.78, 5) is 0.0314. The van der Waals surface area contributed by atoms with Gasteiger partial charge in [0.25, 0.3) is 0 Å². The molecule has 0 bridgehead atoms. The zero-order valence-electron chi connectivity index (χ0n) is 8.03. The Morgan fingerprint density at radius 2 is 2.20 bits per heavy atom. The molecule has 82 valence electrons. The van der Waals surface area contributed by atoms with Gasteiger partial charge in [0.15, 0.2) is 0 Å². The first-order valence-corrected chi connectivity index (χ1v) is 6.32. The van der Waals surface area contributed by atoms with Gasteiger partial charge in [0.2, 0.25) is 10.0 Å². The predicted molar refractivity (Wildman–Crippen MR) is 56.6 cm³/mol. The van der Waals surface area contributed by atoms with Crippen LogP contribution in [0.5, 0.6) is 5.75 Å². The van der Waals surface area contributed by atoms with E-state index in [9.17, 15) is 8.42 Å². The molecule has 0 spiro atoms. The number of primary sulfonamides is 1. The summed E-state index contributed by atoms with van der Waals surface area (Å²) in [5, 5.41) is 5.32. The Morgan fingerprint density at radius 1 is 1.53 bits per heavy atom. The maximum atomic E-state index is 11.1. The fraction of sp³-hybridized carbons (Fsp3) is 0.333. The number of sulfonamides is 1. The fourth-order valence-electron chi connectivity index (χ4n) is 1.62. The van der Waals surface area contributed by atoms with Crippen LogP contribution in [0.25, 0.3) is 0 Å². The second-order valence-corrected chi connectivity index (χ2v) is 5.54. The Kier molecular flexibility index (Phi) is 2.41. The summed E-state index contributed by atoms with van der Waals surface area (Å²) >= 11 is 5.90. The Labute approximate surface area is 93.0 Å². The zero-order chi connectivity index (χ0) is 11.2. The second kappa shape index (κ2) is 3.37. The van der Waals surface area contributed by atoms with Gasteiger partial charge in [0.05, 0.1) is 9.92 Å². The minimum Gasteiger partial charge on any atom is -0.489 e. The largest absolute Gasteiger partial charge is 0.489 e. The Morgan fingerprint density at radius 3 is 2.80 bits per heavy atom. The summed E-state index contributed by atoms with van der Waals surface area (Å²) in [7, 11) is -3.70. The van der Waals surface area contributed by atoms with Crippen LogP contribution in [0.1, 0.15) is 12.5 Å². The van der Waals surface area contributed by atoms with E-state index in [0.29, 0.717) is 17.2 Å². The molecular formula is C9H10ClNO3S. The normalized spacial score (nSPS) is 19.8. The number of rotatable bonds is 1. The van der Waals surface area contributed by atoms with Crippen molar-refractivity contribution >= 4 is 21.6 Å². The SMILES string of the molecule is C[C@@H]1Cc2cc(S(N)(=O)=O)cc(Cl)c2O1. The number of hydrogen-bond donors (Lipinski definition) is 1. The van der Waals surface area contributed by atoms with Crippen LogP contribution in [0.3, 0.4) is 0 Å².